The summed E-state index contributed by atoms with van der Waals surface area (Å²) in [4.78, 5) is 109. The lowest BCUT2D eigenvalue weighted by Gasteiger charge is -2.33. The van der Waals surface area contributed by atoms with Crippen LogP contribution in [-0.2, 0) is 82.8 Å². The van der Waals surface area contributed by atoms with Gasteiger partial charge < -0.3 is 73.4 Å². The molecule has 576 valence electrons. The largest absolute Gasteiger partial charge is 0.501 e. The number of aliphatic hydroxyl groups excluding tert-OH is 1. The Bertz CT molecular complexity index is 3900. The van der Waals surface area contributed by atoms with Crippen LogP contribution in [0.2, 0.25) is 0 Å². The van der Waals surface area contributed by atoms with Crippen LogP contribution in [0.5, 0.6) is 17.2 Å². The molecular weight excluding hydrogens is 1400 g/mol. The van der Waals surface area contributed by atoms with Gasteiger partial charge >= 0.3 is 16.5 Å². The second-order valence-electron chi connectivity index (χ2n) is 26.0. The molecule has 0 bridgehead atoms. The molecule has 31 nitrogen and oxygen atoms in total. The van der Waals surface area contributed by atoms with Crippen molar-refractivity contribution in [2.45, 2.75) is 142 Å². The van der Waals surface area contributed by atoms with Crippen LogP contribution in [0.25, 0.3) is 0 Å². The Morgan fingerprint density at radius 2 is 1.39 bits per heavy atom. The Morgan fingerprint density at radius 1 is 0.743 bits per heavy atom. The topological polar surface area (TPSA) is 401 Å². The minimum Gasteiger partial charge on any atom is -0.458 e. The van der Waals surface area contributed by atoms with Crippen LogP contribution in [0.3, 0.4) is 0 Å². The van der Waals surface area contributed by atoms with E-state index < -0.39 is 86.1 Å². The summed E-state index contributed by atoms with van der Waals surface area (Å²) in [6.07, 6.45) is 0.965. The third-order valence-corrected chi connectivity index (χ3v) is 19.3. The van der Waals surface area contributed by atoms with Crippen molar-refractivity contribution >= 4 is 67.6 Å². The number of aromatic nitrogens is 3. The number of carbonyl (C=O) groups is 8. The molecule has 1 saturated heterocycles. The highest BCUT2D eigenvalue weighted by Gasteiger charge is 2.36. The Labute approximate surface area is 613 Å². The average molecular weight is 1510 g/mol. The van der Waals surface area contributed by atoms with Crippen LogP contribution in [0.15, 0.2) is 102 Å². The number of nitrogens with zero attached hydrogens (tertiary/aromatic N) is 6. The zero-order valence-corrected chi connectivity index (χ0v) is 62.7. The van der Waals surface area contributed by atoms with E-state index in [1.54, 1.807) is 69.6 Å². The van der Waals surface area contributed by atoms with E-state index in [-0.39, 0.29) is 136 Å². The SMILES string of the molecule is CCCN(CC[C@@H](C)C(N)=O)C(=O)CCCN(C)C(=O)C(NC(=O)[C@H](C(C)C)N(C)C(=O)OCc1ccc(OS(=O)(=O)Oc2cc(C(=O)NCCOCCOCCOCCn3cc(CNC(=O)c4ccc(C(=O)CCS(=O)(=O)c5ccc(C)cc5)cc4)nn3)ccc2OC2OCCC[C@H]2O)cc1)C(C)C. The molecule has 0 saturated carbocycles. The molecule has 1 aromatic heterocycles. The van der Waals surface area contributed by atoms with E-state index in [2.05, 4.69) is 26.3 Å². The van der Waals surface area contributed by atoms with Gasteiger partial charge in [0.1, 0.15) is 36.2 Å². The van der Waals surface area contributed by atoms with E-state index in [1.165, 1.54) is 84.7 Å². The lowest BCUT2D eigenvalue weighted by Crippen LogP contribution is -2.57. The standard InChI is InChI=1S/C72H100N10O21S2/c1-10-32-81(34-29-51(7)66(73)86)63(85)14-11-33-79(8)70(90)64(48(2)3)76-69(89)65(49(4)5)80(9)72(91)100-47-52-17-24-57(25-18-52)102-105(94,95)103-62-44-55(23-28-61(62)101-71-60(84)13-12-36-99-71)68(88)74-31-37-96-39-41-98-42-40-97-38-35-82-46-56(77-78-82)45-75-67(87)54-21-19-53(20-22-54)59(83)30-43-104(92,93)58-26-15-50(6)16-27-58/h15-28,44,46,48-49,51,60,64-65,71,84H,10-14,29-43,45,47H2,1-9H3,(H2,73,86)(H,74,88)(H,75,87)(H,76,89)/t51-,60-,64?,65+,71?/m1/s1. The van der Waals surface area contributed by atoms with Crippen molar-refractivity contribution in [1.82, 2.24) is 45.6 Å². The van der Waals surface area contributed by atoms with Crippen molar-refractivity contribution in [2.24, 2.45) is 23.5 Å². The normalized spacial score (nSPS) is 14.7. The summed E-state index contributed by atoms with van der Waals surface area (Å²) < 4.78 is 98.4. The Morgan fingerprint density at radius 3 is 2.04 bits per heavy atom. The van der Waals surface area contributed by atoms with E-state index in [0.29, 0.717) is 74.3 Å². The van der Waals surface area contributed by atoms with Gasteiger partial charge in [-0.3, -0.25) is 38.5 Å². The van der Waals surface area contributed by atoms with Gasteiger partial charge in [-0.05, 0) is 111 Å². The van der Waals surface area contributed by atoms with Crippen molar-refractivity contribution in [3.8, 4) is 17.2 Å². The van der Waals surface area contributed by atoms with Gasteiger partial charge in [0, 0.05) is 75.7 Å². The molecule has 2 unspecified atom stereocenters. The Balaban J connectivity index is 0.883. The Kier molecular flexibility index (Phi) is 34.0. The van der Waals surface area contributed by atoms with Gasteiger partial charge in [0.15, 0.2) is 27.1 Å². The number of ketones is 1. The molecule has 0 spiro atoms. The summed E-state index contributed by atoms with van der Waals surface area (Å²) >= 11 is 0. The molecule has 1 aliphatic rings. The smallest absolute Gasteiger partial charge is 0.458 e. The zero-order chi connectivity index (χ0) is 76.8. The van der Waals surface area contributed by atoms with Crippen molar-refractivity contribution in [3.63, 3.8) is 0 Å². The lowest BCUT2D eigenvalue weighted by atomic mass is 9.98. The van der Waals surface area contributed by atoms with Crippen molar-refractivity contribution in [2.75, 3.05) is 92.3 Å². The predicted octanol–water partition coefficient (Wildman–Crippen LogP) is 5.34. The van der Waals surface area contributed by atoms with Crippen molar-refractivity contribution in [3.05, 3.63) is 131 Å². The highest BCUT2D eigenvalue weighted by molar-refractivity contribution is 7.91. The first-order chi connectivity index (χ1) is 49.9. The zero-order valence-electron chi connectivity index (χ0n) is 61.0. The number of nitrogens with one attached hydrogen (secondary N) is 3. The summed E-state index contributed by atoms with van der Waals surface area (Å²) in [6.45, 7) is 15.5. The number of rotatable bonds is 45. The second-order valence-corrected chi connectivity index (χ2v) is 29.3. The van der Waals surface area contributed by atoms with E-state index in [0.717, 1.165) is 23.0 Å². The highest BCUT2D eigenvalue weighted by Crippen LogP contribution is 2.33. The van der Waals surface area contributed by atoms with Crippen LogP contribution < -0.4 is 34.8 Å². The number of primary amides is 1. The molecule has 5 atom stereocenters. The van der Waals surface area contributed by atoms with E-state index in [9.17, 15) is 60.3 Å². The molecule has 105 heavy (non-hydrogen) atoms. The molecule has 2 heterocycles. The van der Waals surface area contributed by atoms with Gasteiger partial charge in [0.2, 0.25) is 29.9 Å². The van der Waals surface area contributed by atoms with Crippen LogP contribution in [0.4, 0.5) is 4.79 Å². The van der Waals surface area contributed by atoms with Gasteiger partial charge in [-0.1, -0.05) is 88.7 Å². The quantitative estimate of drug-likeness (QED) is 0.0242. The highest BCUT2D eigenvalue weighted by atomic mass is 32.3. The summed E-state index contributed by atoms with van der Waals surface area (Å²) in [5.41, 5.74) is 7.80. The lowest BCUT2D eigenvalue weighted by molar-refractivity contribution is -0.170. The van der Waals surface area contributed by atoms with Crippen LogP contribution >= 0.6 is 0 Å². The van der Waals surface area contributed by atoms with Gasteiger partial charge in [-0.2, -0.15) is 0 Å². The minimum absolute atomic E-state index is 0.0294. The number of amides is 7. The minimum atomic E-state index is -4.96. The molecule has 4 aromatic carbocycles. The number of carbonyl (C=O) groups excluding carboxylic acids is 8. The fourth-order valence-electron chi connectivity index (χ4n) is 10.7. The van der Waals surface area contributed by atoms with Crippen LogP contribution in [-0.4, -0.2) is 216 Å². The summed E-state index contributed by atoms with van der Waals surface area (Å²) in [7, 11) is -5.61. The summed E-state index contributed by atoms with van der Waals surface area (Å²) in [5, 5.41) is 27.0. The molecule has 0 aliphatic carbocycles. The number of likely N-dealkylation sites (N-methyl/N-ethyl adjacent to an activating group) is 2. The van der Waals surface area contributed by atoms with Crippen molar-refractivity contribution in [1.29, 1.82) is 0 Å². The first-order valence-corrected chi connectivity index (χ1v) is 37.9. The van der Waals surface area contributed by atoms with E-state index >= 15 is 0 Å². The van der Waals surface area contributed by atoms with Gasteiger partial charge in [-0.25, -0.2) is 17.9 Å². The molecule has 7 amide bonds. The molecule has 5 aromatic rings. The number of sulfone groups is 1. The number of benzene rings is 4. The summed E-state index contributed by atoms with van der Waals surface area (Å²) in [5.74, 6) is -5.24. The molecular formula is C72H100N10O21S2. The number of aryl methyl sites for hydroxylation is 1. The van der Waals surface area contributed by atoms with E-state index in [4.69, 9.17) is 42.5 Å². The molecule has 6 N–H and O–H groups in total. The first kappa shape index (κ1) is 84.8. The van der Waals surface area contributed by atoms with Crippen LogP contribution in [0.1, 0.15) is 134 Å². The molecule has 33 heteroatoms. The van der Waals surface area contributed by atoms with Crippen LogP contribution in [0, 0.1) is 24.7 Å². The second kappa shape index (κ2) is 42.1. The predicted molar refractivity (Wildman–Crippen MR) is 383 cm³/mol. The number of Topliss-reactive ketones (excluding diaryl/α,β-unsaturated/α-hetero) is 1. The molecule has 6 rings (SSSR count). The Hall–Kier alpha value is -9.12. The fraction of sp³-hybridized carbons (Fsp3) is 0.528. The van der Waals surface area contributed by atoms with Crippen molar-refractivity contribution < 1.29 is 97.1 Å². The number of aliphatic hydroxyl groups is 1. The third kappa shape index (κ3) is 28.0. The maximum absolute atomic E-state index is 13.9. The van der Waals surface area contributed by atoms with Gasteiger partial charge in [-0.15, -0.1) is 13.5 Å². The monoisotopic (exact) mass is 1500 g/mol. The number of nitrogens with two attached hydrogens (primary N) is 1. The summed E-state index contributed by atoms with van der Waals surface area (Å²) in [6, 6.07) is 19.6. The van der Waals surface area contributed by atoms with Gasteiger partial charge in [0.05, 0.1) is 76.2 Å². The number of ether oxygens (including phenoxy) is 6. The average Bonchev–Trinajstić information content (AvgIpc) is 1.65. The first-order valence-electron chi connectivity index (χ1n) is 34.9. The maximum atomic E-state index is 13.9. The van der Waals surface area contributed by atoms with E-state index in [1.807, 2.05) is 13.8 Å². The molecule has 1 fully saturated rings. The fourth-order valence-corrected chi connectivity index (χ4v) is 12.7. The molecule has 1 aliphatic heterocycles. The number of hydrogen-bond acceptors (Lipinski definition) is 23. The maximum Gasteiger partial charge on any atom is 0.501 e. The third-order valence-electron chi connectivity index (χ3n) is 16.8. The number of hydrogen-bond donors (Lipinski definition) is 5. The van der Waals surface area contributed by atoms with Gasteiger partial charge in [0.25, 0.3) is 11.8 Å². The molecule has 0 radical (unpaired) electrons.